The summed E-state index contributed by atoms with van der Waals surface area (Å²) >= 11 is 1.57. The Morgan fingerprint density at radius 1 is 1.08 bits per heavy atom. The second-order valence-corrected chi connectivity index (χ2v) is 5.94. The number of hydrogen-bond acceptors (Lipinski definition) is 3. The largest absolute Gasteiger partial charge is 0.323 e. The summed E-state index contributed by atoms with van der Waals surface area (Å²) < 4.78 is 14.1. The first-order chi connectivity index (χ1) is 11.5. The van der Waals surface area contributed by atoms with Crippen LogP contribution >= 0.6 is 11.8 Å². The highest BCUT2D eigenvalue weighted by atomic mass is 32.2. The van der Waals surface area contributed by atoms with E-state index in [1.807, 2.05) is 24.5 Å². The molecule has 2 aromatic carbocycles. The molecule has 0 unspecified atom stereocenters. The molecular weight excluding hydrogens is 329 g/mol. The minimum absolute atomic E-state index is 0.112. The van der Waals surface area contributed by atoms with Crippen molar-refractivity contribution in [3.8, 4) is 0 Å². The van der Waals surface area contributed by atoms with Crippen LogP contribution in [0.4, 0.5) is 20.6 Å². The minimum Gasteiger partial charge on any atom is -0.319 e. The lowest BCUT2D eigenvalue weighted by Crippen LogP contribution is -2.19. The van der Waals surface area contributed by atoms with Gasteiger partial charge in [-0.25, -0.2) is 9.18 Å². The van der Waals surface area contributed by atoms with E-state index in [1.54, 1.807) is 23.9 Å². The van der Waals surface area contributed by atoms with E-state index in [0.29, 0.717) is 16.8 Å². The summed E-state index contributed by atoms with van der Waals surface area (Å²) in [5.74, 6) is -0.607. The zero-order valence-electron chi connectivity index (χ0n) is 12.7. The topological polar surface area (TPSA) is 74.0 Å². The molecule has 2 amide bonds. The van der Waals surface area contributed by atoms with Crippen LogP contribution in [-0.2, 0) is 0 Å². The van der Waals surface area contributed by atoms with Crippen molar-refractivity contribution in [3.05, 3.63) is 64.7 Å². The molecule has 24 heavy (non-hydrogen) atoms. The number of fused-ring (bicyclic) bond motifs is 1. The number of rotatable bonds is 3. The molecule has 0 aliphatic rings. The summed E-state index contributed by atoms with van der Waals surface area (Å²) in [4.78, 5) is 26.8. The fraction of sp³-hybridized carbons (Fsp3) is 0.0588. The lowest BCUT2D eigenvalue weighted by atomic mass is 10.2. The number of amides is 2. The van der Waals surface area contributed by atoms with Crippen LogP contribution in [-0.4, -0.2) is 17.3 Å². The fourth-order valence-corrected chi connectivity index (χ4v) is 2.75. The van der Waals surface area contributed by atoms with Crippen molar-refractivity contribution in [2.45, 2.75) is 4.90 Å². The summed E-state index contributed by atoms with van der Waals surface area (Å²) in [5, 5.41) is 5.78. The molecule has 0 radical (unpaired) electrons. The molecule has 0 atom stereocenters. The van der Waals surface area contributed by atoms with Crippen molar-refractivity contribution in [2.24, 2.45) is 0 Å². The zero-order valence-corrected chi connectivity index (χ0v) is 13.5. The number of hydrogen-bond donors (Lipinski definition) is 3. The van der Waals surface area contributed by atoms with E-state index < -0.39 is 11.8 Å². The predicted molar refractivity (Wildman–Crippen MR) is 95.4 cm³/mol. The number of benzene rings is 2. The minimum atomic E-state index is -0.607. The molecule has 0 bridgehead atoms. The van der Waals surface area contributed by atoms with Gasteiger partial charge in [-0.2, -0.15) is 0 Å². The Morgan fingerprint density at radius 2 is 1.88 bits per heavy atom. The van der Waals surface area contributed by atoms with Gasteiger partial charge in [-0.3, -0.25) is 4.79 Å². The highest BCUT2D eigenvalue weighted by Crippen LogP contribution is 2.21. The molecule has 1 heterocycles. The lowest BCUT2D eigenvalue weighted by molar-refractivity contribution is 0.262. The molecule has 0 aliphatic carbocycles. The van der Waals surface area contributed by atoms with Crippen LogP contribution in [0.5, 0.6) is 0 Å². The number of pyridine rings is 1. The van der Waals surface area contributed by atoms with E-state index >= 15 is 0 Å². The Morgan fingerprint density at radius 3 is 2.67 bits per heavy atom. The van der Waals surface area contributed by atoms with Crippen LogP contribution in [0.25, 0.3) is 10.9 Å². The Kier molecular flexibility index (Phi) is 4.52. The first-order valence-corrected chi connectivity index (χ1v) is 8.32. The third kappa shape index (κ3) is 3.57. The van der Waals surface area contributed by atoms with E-state index in [-0.39, 0.29) is 11.1 Å². The van der Waals surface area contributed by atoms with Crippen molar-refractivity contribution < 1.29 is 9.18 Å². The number of nitrogens with one attached hydrogen (secondary N) is 3. The number of H-pyrrole nitrogens is 1. The number of carbonyl (C=O) groups is 1. The Hall–Kier alpha value is -2.80. The Bertz CT molecular complexity index is 971. The monoisotopic (exact) mass is 343 g/mol. The number of aromatic amines is 1. The molecule has 0 fully saturated rings. The van der Waals surface area contributed by atoms with Gasteiger partial charge in [-0.1, -0.05) is 6.07 Å². The smallest absolute Gasteiger partial charge is 0.319 e. The number of thioether (sulfide) groups is 1. The zero-order chi connectivity index (χ0) is 17.1. The van der Waals surface area contributed by atoms with Gasteiger partial charge in [0.25, 0.3) is 0 Å². The molecule has 3 rings (SSSR count). The molecular formula is C17H14FN3O2S. The van der Waals surface area contributed by atoms with E-state index in [4.69, 9.17) is 0 Å². The van der Waals surface area contributed by atoms with Gasteiger partial charge in [0.2, 0.25) is 5.56 Å². The van der Waals surface area contributed by atoms with Crippen molar-refractivity contribution in [1.29, 1.82) is 0 Å². The van der Waals surface area contributed by atoms with Crippen LogP contribution in [0.3, 0.4) is 0 Å². The van der Waals surface area contributed by atoms with Crippen molar-refractivity contribution in [2.75, 3.05) is 16.9 Å². The Labute approximate surface area is 141 Å². The maximum Gasteiger partial charge on any atom is 0.323 e. The molecule has 122 valence electrons. The van der Waals surface area contributed by atoms with Gasteiger partial charge in [-0.15, -0.1) is 11.8 Å². The lowest BCUT2D eigenvalue weighted by Gasteiger charge is -2.10. The molecule has 5 nitrogen and oxygen atoms in total. The maximum atomic E-state index is 14.1. The van der Waals surface area contributed by atoms with Crippen LogP contribution in [0.2, 0.25) is 0 Å². The molecule has 7 heteroatoms. The van der Waals surface area contributed by atoms with Gasteiger partial charge in [0.05, 0.1) is 5.52 Å². The number of urea groups is 1. The SMILES string of the molecule is CSc1cccc(NC(=O)Nc2cc(F)c3[nH]c(=O)ccc3c2)c1. The summed E-state index contributed by atoms with van der Waals surface area (Å²) in [6, 6.07) is 12.5. The molecule has 0 aliphatic heterocycles. The quantitative estimate of drug-likeness (QED) is 0.629. The normalized spacial score (nSPS) is 10.6. The van der Waals surface area contributed by atoms with Crippen LogP contribution in [0.1, 0.15) is 0 Å². The molecule has 3 N–H and O–H groups in total. The van der Waals surface area contributed by atoms with Crippen LogP contribution in [0, 0.1) is 5.82 Å². The number of anilines is 2. The van der Waals surface area contributed by atoms with Crippen molar-refractivity contribution >= 4 is 40.1 Å². The Balaban J connectivity index is 1.80. The summed E-state index contributed by atoms with van der Waals surface area (Å²) in [6.45, 7) is 0. The average molecular weight is 343 g/mol. The van der Waals surface area contributed by atoms with E-state index in [9.17, 15) is 14.0 Å². The van der Waals surface area contributed by atoms with Crippen molar-refractivity contribution in [1.82, 2.24) is 4.98 Å². The number of carbonyl (C=O) groups excluding carboxylic acids is 1. The highest BCUT2D eigenvalue weighted by Gasteiger charge is 2.08. The van der Waals surface area contributed by atoms with Gasteiger partial charge in [0.15, 0.2) is 0 Å². The van der Waals surface area contributed by atoms with Gasteiger partial charge in [0.1, 0.15) is 5.82 Å². The summed E-state index contributed by atoms with van der Waals surface area (Å²) in [7, 11) is 0. The number of halogens is 1. The van der Waals surface area contributed by atoms with E-state index in [2.05, 4.69) is 15.6 Å². The highest BCUT2D eigenvalue weighted by molar-refractivity contribution is 7.98. The third-order valence-electron chi connectivity index (χ3n) is 3.37. The first kappa shape index (κ1) is 16.1. The standard InChI is InChI=1S/C17H14FN3O2S/c1-24-13-4-2-3-11(8-13)19-17(23)20-12-7-10-5-6-15(22)21-16(10)14(18)9-12/h2-9H,1H3,(H,21,22)(H2,19,20,23). The molecule has 0 spiro atoms. The molecule has 0 saturated carbocycles. The van der Waals surface area contributed by atoms with Crippen LogP contribution < -0.4 is 16.2 Å². The second-order valence-electron chi connectivity index (χ2n) is 5.06. The molecule has 0 saturated heterocycles. The fourth-order valence-electron chi connectivity index (χ4n) is 2.29. The summed E-state index contributed by atoms with van der Waals surface area (Å²) in [6.07, 6.45) is 1.95. The van der Waals surface area contributed by atoms with Crippen molar-refractivity contribution in [3.63, 3.8) is 0 Å². The van der Waals surface area contributed by atoms with Gasteiger partial charge in [0, 0.05) is 27.7 Å². The molecule has 3 aromatic rings. The van der Waals surface area contributed by atoms with Crippen LogP contribution in [0.15, 0.2) is 58.2 Å². The van der Waals surface area contributed by atoms with E-state index in [0.717, 1.165) is 11.0 Å². The van der Waals surface area contributed by atoms with Gasteiger partial charge < -0.3 is 15.6 Å². The van der Waals surface area contributed by atoms with Gasteiger partial charge >= 0.3 is 6.03 Å². The second kappa shape index (κ2) is 6.76. The first-order valence-electron chi connectivity index (χ1n) is 7.10. The molecule has 1 aromatic heterocycles. The van der Waals surface area contributed by atoms with E-state index in [1.165, 1.54) is 12.1 Å². The van der Waals surface area contributed by atoms with Gasteiger partial charge in [-0.05, 0) is 42.7 Å². The average Bonchev–Trinajstić information content (AvgIpc) is 2.55. The predicted octanol–water partition coefficient (Wildman–Crippen LogP) is 4.03. The maximum absolute atomic E-state index is 14.1. The number of aromatic nitrogens is 1. The summed E-state index contributed by atoms with van der Waals surface area (Å²) in [5.41, 5.74) is 0.671. The third-order valence-corrected chi connectivity index (χ3v) is 4.09.